The van der Waals surface area contributed by atoms with Crippen LogP contribution in [0.15, 0.2) is 24.3 Å². The molecule has 6 nitrogen and oxygen atoms in total. The second-order valence-corrected chi connectivity index (χ2v) is 3.91. The van der Waals surface area contributed by atoms with Crippen molar-refractivity contribution in [3.8, 4) is 5.75 Å². The number of ether oxygens (including phenoxy) is 1. The Hall–Kier alpha value is -2.05. The summed E-state index contributed by atoms with van der Waals surface area (Å²) in [5.41, 5.74) is 6.05. The lowest BCUT2D eigenvalue weighted by atomic mass is 10.2. The molecule has 18 heavy (non-hydrogen) atoms. The van der Waals surface area contributed by atoms with Gasteiger partial charge < -0.3 is 25.7 Å². The SMILES string of the molecule is NCC(O)COc1cccc2[nH]c(C(=O)O)cc12. The lowest BCUT2D eigenvalue weighted by Crippen LogP contribution is -2.26. The van der Waals surface area contributed by atoms with Gasteiger partial charge in [-0.25, -0.2) is 4.79 Å². The molecule has 0 saturated heterocycles. The van der Waals surface area contributed by atoms with Gasteiger partial charge in [0.15, 0.2) is 0 Å². The molecule has 0 aliphatic rings. The van der Waals surface area contributed by atoms with Crippen molar-refractivity contribution in [1.29, 1.82) is 0 Å². The highest BCUT2D eigenvalue weighted by Gasteiger charge is 2.11. The number of aliphatic hydroxyl groups excluding tert-OH is 1. The van der Waals surface area contributed by atoms with Crippen molar-refractivity contribution in [3.05, 3.63) is 30.0 Å². The van der Waals surface area contributed by atoms with Gasteiger partial charge in [-0.2, -0.15) is 0 Å². The number of aromatic amines is 1. The van der Waals surface area contributed by atoms with Crippen molar-refractivity contribution < 1.29 is 19.7 Å². The average molecular weight is 250 g/mol. The average Bonchev–Trinajstić information content (AvgIpc) is 2.80. The van der Waals surface area contributed by atoms with Gasteiger partial charge in [0, 0.05) is 17.4 Å². The molecule has 0 spiro atoms. The Morgan fingerprint density at radius 1 is 1.50 bits per heavy atom. The number of hydrogen-bond donors (Lipinski definition) is 4. The fourth-order valence-corrected chi connectivity index (χ4v) is 1.62. The quantitative estimate of drug-likeness (QED) is 0.620. The maximum atomic E-state index is 10.9. The Morgan fingerprint density at radius 2 is 2.28 bits per heavy atom. The Balaban J connectivity index is 2.30. The molecule has 2 rings (SSSR count). The Labute approximate surface area is 103 Å². The normalized spacial score (nSPS) is 12.6. The predicted octanol–water partition coefficient (Wildman–Crippen LogP) is 0.564. The third-order valence-electron chi connectivity index (χ3n) is 2.56. The largest absolute Gasteiger partial charge is 0.490 e. The van der Waals surface area contributed by atoms with Gasteiger partial charge in [0.2, 0.25) is 0 Å². The molecule has 0 saturated carbocycles. The van der Waals surface area contributed by atoms with Crippen LogP contribution in [-0.2, 0) is 0 Å². The van der Waals surface area contributed by atoms with Gasteiger partial charge >= 0.3 is 5.97 Å². The van der Waals surface area contributed by atoms with Gasteiger partial charge in [-0.3, -0.25) is 0 Å². The van der Waals surface area contributed by atoms with Gasteiger partial charge in [0.05, 0.1) is 0 Å². The number of fused-ring (bicyclic) bond motifs is 1. The van der Waals surface area contributed by atoms with E-state index < -0.39 is 12.1 Å². The van der Waals surface area contributed by atoms with E-state index in [1.54, 1.807) is 18.2 Å². The summed E-state index contributed by atoms with van der Waals surface area (Å²) in [7, 11) is 0. The van der Waals surface area contributed by atoms with Crippen molar-refractivity contribution in [2.75, 3.05) is 13.2 Å². The summed E-state index contributed by atoms with van der Waals surface area (Å²) in [5.74, 6) is -0.511. The molecule has 0 radical (unpaired) electrons. The zero-order valence-corrected chi connectivity index (χ0v) is 9.59. The molecule has 1 heterocycles. The van der Waals surface area contributed by atoms with Gasteiger partial charge in [-0.15, -0.1) is 0 Å². The molecular formula is C12H14N2O4. The number of nitrogens with two attached hydrogens (primary N) is 1. The summed E-state index contributed by atoms with van der Waals surface area (Å²) in [6, 6.07) is 6.72. The molecule has 96 valence electrons. The number of hydrogen-bond acceptors (Lipinski definition) is 4. The number of carboxylic acids is 1. The van der Waals surface area contributed by atoms with E-state index in [2.05, 4.69) is 4.98 Å². The number of benzene rings is 1. The third-order valence-corrected chi connectivity index (χ3v) is 2.56. The molecule has 6 heteroatoms. The van der Waals surface area contributed by atoms with E-state index in [4.69, 9.17) is 15.6 Å². The number of aromatic carboxylic acids is 1. The first-order chi connectivity index (χ1) is 8.61. The molecule has 0 fully saturated rings. The van der Waals surface area contributed by atoms with Crippen LogP contribution in [-0.4, -0.2) is 40.4 Å². The van der Waals surface area contributed by atoms with E-state index >= 15 is 0 Å². The summed E-state index contributed by atoms with van der Waals surface area (Å²) in [6.45, 7) is 0.187. The van der Waals surface area contributed by atoms with E-state index in [0.29, 0.717) is 16.7 Å². The number of aliphatic hydroxyl groups is 1. The fraction of sp³-hybridized carbons (Fsp3) is 0.250. The smallest absolute Gasteiger partial charge is 0.352 e. The topological polar surface area (TPSA) is 109 Å². The van der Waals surface area contributed by atoms with Crippen LogP contribution in [0.1, 0.15) is 10.5 Å². The number of rotatable bonds is 5. The lowest BCUT2D eigenvalue weighted by molar-refractivity contribution is 0.0691. The number of aromatic nitrogens is 1. The molecule has 0 amide bonds. The van der Waals surface area contributed by atoms with Crippen molar-refractivity contribution >= 4 is 16.9 Å². The number of nitrogens with one attached hydrogen (secondary N) is 1. The first-order valence-electron chi connectivity index (χ1n) is 5.47. The van der Waals surface area contributed by atoms with E-state index in [9.17, 15) is 9.90 Å². The van der Waals surface area contributed by atoms with Gasteiger partial charge in [0.1, 0.15) is 24.2 Å². The van der Waals surface area contributed by atoms with Gasteiger partial charge in [0.25, 0.3) is 0 Å². The van der Waals surface area contributed by atoms with Crippen LogP contribution in [0.3, 0.4) is 0 Å². The van der Waals surface area contributed by atoms with Crippen molar-refractivity contribution in [2.24, 2.45) is 5.73 Å². The van der Waals surface area contributed by atoms with Crippen LogP contribution in [0.25, 0.3) is 10.9 Å². The summed E-state index contributed by atoms with van der Waals surface area (Å²) in [4.78, 5) is 13.6. The molecule has 1 atom stereocenters. The standard InChI is InChI=1S/C12H14N2O4/c13-5-7(15)6-18-11-3-1-2-9-8(11)4-10(14-9)12(16)17/h1-4,7,14-15H,5-6,13H2,(H,16,17). The fourth-order valence-electron chi connectivity index (χ4n) is 1.62. The third kappa shape index (κ3) is 2.44. The van der Waals surface area contributed by atoms with Crippen LogP contribution in [0.4, 0.5) is 0 Å². The van der Waals surface area contributed by atoms with Crippen LogP contribution >= 0.6 is 0 Å². The van der Waals surface area contributed by atoms with Crippen LogP contribution < -0.4 is 10.5 Å². The van der Waals surface area contributed by atoms with E-state index in [1.165, 1.54) is 6.07 Å². The minimum atomic E-state index is -1.03. The van der Waals surface area contributed by atoms with E-state index in [0.717, 1.165) is 0 Å². The second-order valence-electron chi connectivity index (χ2n) is 3.91. The Bertz CT molecular complexity index is 564. The summed E-state index contributed by atoms with van der Waals surface area (Å²) >= 11 is 0. The van der Waals surface area contributed by atoms with Crippen LogP contribution in [0.2, 0.25) is 0 Å². The predicted molar refractivity (Wildman–Crippen MR) is 65.8 cm³/mol. The lowest BCUT2D eigenvalue weighted by Gasteiger charge is -2.10. The van der Waals surface area contributed by atoms with Crippen LogP contribution in [0.5, 0.6) is 5.75 Å². The molecule has 1 unspecified atom stereocenters. The van der Waals surface area contributed by atoms with E-state index in [1.807, 2.05) is 0 Å². The first-order valence-corrected chi connectivity index (χ1v) is 5.47. The van der Waals surface area contributed by atoms with Crippen LogP contribution in [0, 0.1) is 0 Å². The second kappa shape index (κ2) is 5.07. The van der Waals surface area contributed by atoms with Gasteiger partial charge in [-0.05, 0) is 18.2 Å². The number of H-pyrrole nitrogens is 1. The van der Waals surface area contributed by atoms with E-state index in [-0.39, 0.29) is 18.8 Å². The molecular weight excluding hydrogens is 236 g/mol. The minimum absolute atomic E-state index is 0.0726. The van der Waals surface area contributed by atoms with Crippen molar-refractivity contribution in [2.45, 2.75) is 6.10 Å². The molecule has 5 N–H and O–H groups in total. The monoisotopic (exact) mass is 250 g/mol. The molecule has 1 aromatic carbocycles. The first kappa shape index (κ1) is 12.4. The number of carboxylic acid groups (broad SMARTS) is 1. The molecule has 0 aliphatic heterocycles. The summed E-state index contributed by atoms with van der Waals surface area (Å²) in [5, 5.41) is 18.9. The molecule has 1 aromatic heterocycles. The van der Waals surface area contributed by atoms with Crippen molar-refractivity contribution in [3.63, 3.8) is 0 Å². The maximum Gasteiger partial charge on any atom is 0.352 e. The molecule has 0 bridgehead atoms. The Morgan fingerprint density at radius 3 is 2.94 bits per heavy atom. The summed E-state index contributed by atoms with van der Waals surface area (Å²) in [6.07, 6.45) is -0.738. The highest BCUT2D eigenvalue weighted by molar-refractivity contribution is 5.96. The molecule has 0 aliphatic carbocycles. The highest BCUT2D eigenvalue weighted by Crippen LogP contribution is 2.26. The zero-order valence-electron chi connectivity index (χ0n) is 9.59. The zero-order chi connectivity index (χ0) is 13.1. The highest BCUT2D eigenvalue weighted by atomic mass is 16.5. The van der Waals surface area contributed by atoms with Crippen molar-refractivity contribution in [1.82, 2.24) is 4.98 Å². The minimum Gasteiger partial charge on any atom is -0.490 e. The van der Waals surface area contributed by atoms with Gasteiger partial charge in [-0.1, -0.05) is 6.07 Å². The summed E-state index contributed by atoms with van der Waals surface area (Å²) < 4.78 is 5.42. The number of carbonyl (C=O) groups is 1. The Kier molecular flexibility index (Phi) is 3.50. The maximum absolute atomic E-state index is 10.9. The molecule has 2 aromatic rings.